The number of fused-ring (bicyclic) bond motifs is 2. The molecule has 124 valence electrons. The molecule has 0 aliphatic carbocycles. The molecule has 0 spiro atoms. The molecule has 3 heterocycles. The molecule has 0 saturated heterocycles. The van der Waals surface area contributed by atoms with E-state index in [2.05, 4.69) is 10.1 Å². The van der Waals surface area contributed by atoms with Crippen molar-refractivity contribution in [2.75, 3.05) is 6.54 Å². The fraction of sp³-hybridized carbons (Fsp3) is 0.176. The third kappa shape index (κ3) is 2.61. The van der Waals surface area contributed by atoms with Crippen LogP contribution in [-0.4, -0.2) is 31.9 Å². The Labute approximate surface area is 147 Å². The molecule has 0 unspecified atom stereocenters. The summed E-state index contributed by atoms with van der Waals surface area (Å²) in [5, 5.41) is 13.3. The first-order chi connectivity index (χ1) is 12.1. The van der Waals surface area contributed by atoms with Crippen molar-refractivity contribution < 1.29 is 9.18 Å². The normalized spacial score (nSPS) is 13.6. The van der Waals surface area contributed by atoms with Crippen LogP contribution in [0.5, 0.6) is 0 Å². The summed E-state index contributed by atoms with van der Waals surface area (Å²) in [5.41, 5.74) is 2.69. The van der Waals surface area contributed by atoms with Crippen LogP contribution in [0.1, 0.15) is 27.0 Å². The maximum absolute atomic E-state index is 13.5. The van der Waals surface area contributed by atoms with Gasteiger partial charge in [-0.1, -0.05) is 11.6 Å². The van der Waals surface area contributed by atoms with Crippen molar-refractivity contribution in [1.82, 2.24) is 19.5 Å². The van der Waals surface area contributed by atoms with Crippen molar-refractivity contribution in [2.45, 2.75) is 13.0 Å². The lowest BCUT2D eigenvalue weighted by Gasteiger charge is -2.29. The van der Waals surface area contributed by atoms with Gasteiger partial charge in [0.25, 0.3) is 5.91 Å². The number of amides is 1. The van der Waals surface area contributed by atoms with Crippen molar-refractivity contribution in [3.8, 4) is 6.07 Å². The molecule has 2 aromatic heterocycles. The Hall–Kier alpha value is -2.98. The standard InChI is InChI=1S/C17H11ClFN5O/c18-15-4-12(19)3-11-1-2-23(9-14(11)15)17(25)13-7-22-24-8-10(5-20)6-21-16(13)24/h3-4,6-8H,1-2,9H2. The largest absolute Gasteiger partial charge is 0.334 e. The molecule has 3 aromatic rings. The molecule has 1 aliphatic heterocycles. The summed E-state index contributed by atoms with van der Waals surface area (Å²) in [7, 11) is 0. The highest BCUT2D eigenvalue weighted by Gasteiger charge is 2.26. The number of halogens is 2. The van der Waals surface area contributed by atoms with E-state index in [1.807, 2.05) is 6.07 Å². The number of nitrogens with zero attached hydrogens (tertiary/aromatic N) is 5. The Balaban J connectivity index is 1.67. The molecular formula is C17H11ClFN5O. The van der Waals surface area contributed by atoms with Gasteiger partial charge in [-0.2, -0.15) is 10.4 Å². The minimum Gasteiger partial charge on any atom is -0.334 e. The van der Waals surface area contributed by atoms with E-state index < -0.39 is 0 Å². The van der Waals surface area contributed by atoms with E-state index in [0.29, 0.717) is 41.3 Å². The number of hydrogen-bond acceptors (Lipinski definition) is 4. The first-order valence-electron chi connectivity index (χ1n) is 7.56. The monoisotopic (exact) mass is 355 g/mol. The van der Waals surface area contributed by atoms with E-state index in [1.165, 1.54) is 35.2 Å². The van der Waals surface area contributed by atoms with Crippen molar-refractivity contribution in [2.24, 2.45) is 0 Å². The smallest absolute Gasteiger partial charge is 0.259 e. The van der Waals surface area contributed by atoms with Gasteiger partial charge in [-0.3, -0.25) is 4.79 Å². The highest BCUT2D eigenvalue weighted by atomic mass is 35.5. The molecule has 6 nitrogen and oxygen atoms in total. The van der Waals surface area contributed by atoms with Crippen LogP contribution >= 0.6 is 11.6 Å². The summed E-state index contributed by atoms with van der Waals surface area (Å²) >= 11 is 6.13. The number of aromatic nitrogens is 3. The molecule has 0 radical (unpaired) electrons. The number of rotatable bonds is 1. The first-order valence-corrected chi connectivity index (χ1v) is 7.94. The maximum atomic E-state index is 13.5. The van der Waals surface area contributed by atoms with Crippen molar-refractivity contribution in [3.63, 3.8) is 0 Å². The number of hydrogen-bond donors (Lipinski definition) is 0. The van der Waals surface area contributed by atoms with Crippen LogP contribution in [0.3, 0.4) is 0 Å². The summed E-state index contributed by atoms with van der Waals surface area (Å²) < 4.78 is 14.9. The van der Waals surface area contributed by atoms with Crippen LogP contribution < -0.4 is 0 Å². The van der Waals surface area contributed by atoms with Crippen LogP contribution in [0.2, 0.25) is 5.02 Å². The lowest BCUT2D eigenvalue weighted by Crippen LogP contribution is -2.36. The molecule has 1 aliphatic rings. The Bertz CT molecular complexity index is 1060. The zero-order valence-corrected chi connectivity index (χ0v) is 13.7. The van der Waals surface area contributed by atoms with Gasteiger partial charge in [0, 0.05) is 24.3 Å². The van der Waals surface area contributed by atoms with Crippen LogP contribution in [-0.2, 0) is 13.0 Å². The number of carbonyl (C=O) groups is 1. The van der Waals surface area contributed by atoms with E-state index >= 15 is 0 Å². The average Bonchev–Trinajstić information content (AvgIpc) is 3.03. The summed E-state index contributed by atoms with van der Waals surface area (Å²) in [6.45, 7) is 0.764. The predicted molar refractivity (Wildman–Crippen MR) is 87.6 cm³/mol. The predicted octanol–water partition coefficient (Wildman–Crippen LogP) is 2.59. The lowest BCUT2D eigenvalue weighted by atomic mass is 9.99. The molecule has 0 saturated carbocycles. The fourth-order valence-corrected chi connectivity index (χ4v) is 3.29. The van der Waals surface area contributed by atoms with E-state index in [0.717, 1.165) is 11.1 Å². The highest BCUT2D eigenvalue weighted by Crippen LogP contribution is 2.28. The Morgan fingerprint density at radius 3 is 3.00 bits per heavy atom. The van der Waals surface area contributed by atoms with E-state index in [1.54, 1.807) is 4.90 Å². The van der Waals surface area contributed by atoms with Crippen LogP contribution in [0, 0.1) is 17.1 Å². The quantitative estimate of drug-likeness (QED) is 0.672. The molecule has 8 heteroatoms. The third-order valence-electron chi connectivity index (χ3n) is 4.26. The second kappa shape index (κ2) is 5.83. The van der Waals surface area contributed by atoms with Gasteiger partial charge in [0.05, 0.1) is 18.0 Å². The van der Waals surface area contributed by atoms with Crippen molar-refractivity contribution >= 4 is 23.2 Å². The fourth-order valence-electron chi connectivity index (χ4n) is 3.01. The highest BCUT2D eigenvalue weighted by molar-refractivity contribution is 6.31. The summed E-state index contributed by atoms with van der Waals surface area (Å²) in [5.74, 6) is -0.595. The Morgan fingerprint density at radius 2 is 2.20 bits per heavy atom. The molecule has 0 N–H and O–H groups in total. The second-order valence-electron chi connectivity index (χ2n) is 5.78. The van der Waals surface area contributed by atoms with Gasteiger partial charge in [0.1, 0.15) is 17.4 Å². The van der Waals surface area contributed by atoms with Crippen LogP contribution in [0.15, 0.2) is 30.7 Å². The van der Waals surface area contributed by atoms with Crippen molar-refractivity contribution in [3.05, 3.63) is 63.8 Å². The van der Waals surface area contributed by atoms with Gasteiger partial charge in [-0.15, -0.1) is 0 Å². The van der Waals surface area contributed by atoms with Gasteiger partial charge in [0.2, 0.25) is 0 Å². The van der Waals surface area contributed by atoms with Crippen LogP contribution in [0.25, 0.3) is 5.65 Å². The molecular weight excluding hydrogens is 345 g/mol. The molecule has 0 bridgehead atoms. The summed E-state index contributed by atoms with van der Waals surface area (Å²) in [6.07, 6.45) is 4.89. The zero-order valence-electron chi connectivity index (χ0n) is 12.9. The minimum absolute atomic E-state index is 0.224. The molecule has 0 atom stereocenters. The van der Waals surface area contributed by atoms with E-state index in [-0.39, 0.29) is 11.7 Å². The lowest BCUT2D eigenvalue weighted by molar-refractivity contribution is 0.0736. The second-order valence-corrected chi connectivity index (χ2v) is 6.19. The topological polar surface area (TPSA) is 74.3 Å². The SMILES string of the molecule is N#Cc1cnc2c(C(=O)N3CCc4cc(F)cc(Cl)c4C3)cnn2c1. The molecule has 0 fully saturated rings. The number of benzene rings is 1. The van der Waals surface area contributed by atoms with Crippen LogP contribution in [0.4, 0.5) is 4.39 Å². The van der Waals surface area contributed by atoms with E-state index in [9.17, 15) is 9.18 Å². The summed E-state index contributed by atoms with van der Waals surface area (Å²) in [4.78, 5) is 18.7. The van der Waals surface area contributed by atoms with Gasteiger partial charge in [0.15, 0.2) is 5.65 Å². The van der Waals surface area contributed by atoms with Gasteiger partial charge in [-0.25, -0.2) is 13.9 Å². The zero-order chi connectivity index (χ0) is 17.6. The molecule has 1 aromatic carbocycles. The average molecular weight is 356 g/mol. The first kappa shape index (κ1) is 15.5. The minimum atomic E-state index is -0.372. The Kier molecular flexibility index (Phi) is 3.62. The van der Waals surface area contributed by atoms with Gasteiger partial charge < -0.3 is 4.90 Å². The Morgan fingerprint density at radius 1 is 1.36 bits per heavy atom. The molecule has 1 amide bonds. The van der Waals surface area contributed by atoms with Crippen molar-refractivity contribution in [1.29, 1.82) is 5.26 Å². The molecule has 25 heavy (non-hydrogen) atoms. The van der Waals surface area contributed by atoms with Gasteiger partial charge >= 0.3 is 0 Å². The third-order valence-corrected chi connectivity index (χ3v) is 4.59. The summed E-state index contributed by atoms with van der Waals surface area (Å²) in [6, 6.07) is 4.70. The van der Waals surface area contributed by atoms with Gasteiger partial charge in [-0.05, 0) is 29.7 Å². The van der Waals surface area contributed by atoms with E-state index in [4.69, 9.17) is 16.9 Å². The maximum Gasteiger partial charge on any atom is 0.259 e. The number of nitriles is 1. The molecule has 4 rings (SSSR count). The number of carbonyl (C=O) groups excluding carboxylic acids is 1.